The van der Waals surface area contributed by atoms with E-state index in [9.17, 15) is 30.7 Å². The van der Waals surface area contributed by atoms with Crippen LogP contribution >= 0.6 is 12.4 Å². The summed E-state index contributed by atoms with van der Waals surface area (Å²) in [6.07, 6.45) is -11.0. The number of nitrogens with zero attached hydrogens (tertiary/aromatic N) is 1. The fraction of sp³-hybridized carbons (Fsp3) is 0.600. The van der Waals surface area contributed by atoms with E-state index in [0.29, 0.717) is 32.2 Å². The molecule has 0 amide bonds. The van der Waals surface area contributed by atoms with Crippen LogP contribution in [0.3, 0.4) is 0 Å². The molecule has 10 heteroatoms. The predicted octanol–water partition coefficient (Wildman–Crippen LogP) is 4.56. The molecule has 0 saturated carbocycles. The van der Waals surface area contributed by atoms with Crippen LogP contribution in [0.15, 0.2) is 18.2 Å². The van der Waals surface area contributed by atoms with Gasteiger partial charge in [0.1, 0.15) is 5.82 Å². The molecule has 1 fully saturated rings. The van der Waals surface area contributed by atoms with Gasteiger partial charge in [0.2, 0.25) is 0 Å². The molecule has 0 aliphatic carbocycles. The molecule has 0 radical (unpaired) electrons. The summed E-state index contributed by atoms with van der Waals surface area (Å²) in [7, 11) is 0. The number of piperazine rings is 1. The molecule has 1 saturated heterocycles. The SMILES string of the molecule is Cl.Fc1ccc([C@@H](CCC(F)(F)F)N2CCNCC2)c(C(F)(F)F)c1. The van der Waals surface area contributed by atoms with Crippen molar-refractivity contribution < 1.29 is 30.7 Å². The first-order chi connectivity index (χ1) is 11.1. The summed E-state index contributed by atoms with van der Waals surface area (Å²) in [5, 5.41) is 3.00. The van der Waals surface area contributed by atoms with E-state index in [4.69, 9.17) is 0 Å². The first-order valence-corrected chi connectivity index (χ1v) is 7.46. The summed E-state index contributed by atoms with van der Waals surface area (Å²) in [4.78, 5) is 1.59. The largest absolute Gasteiger partial charge is 0.416 e. The summed E-state index contributed by atoms with van der Waals surface area (Å²) in [6, 6.07) is 1.08. The van der Waals surface area contributed by atoms with Crippen molar-refractivity contribution >= 4 is 12.4 Å². The van der Waals surface area contributed by atoms with E-state index in [2.05, 4.69) is 5.32 Å². The topological polar surface area (TPSA) is 15.3 Å². The van der Waals surface area contributed by atoms with E-state index < -0.39 is 42.6 Å². The highest BCUT2D eigenvalue weighted by Gasteiger charge is 2.38. The van der Waals surface area contributed by atoms with Gasteiger partial charge in [-0.2, -0.15) is 26.3 Å². The van der Waals surface area contributed by atoms with Crippen LogP contribution in [0.25, 0.3) is 0 Å². The van der Waals surface area contributed by atoms with Crippen molar-refractivity contribution in [1.82, 2.24) is 10.2 Å². The summed E-state index contributed by atoms with van der Waals surface area (Å²) < 4.78 is 90.6. The van der Waals surface area contributed by atoms with Gasteiger partial charge in [-0.25, -0.2) is 4.39 Å². The van der Waals surface area contributed by atoms with Gasteiger partial charge < -0.3 is 5.32 Å². The van der Waals surface area contributed by atoms with E-state index in [1.807, 2.05) is 0 Å². The number of hydrogen-bond donors (Lipinski definition) is 1. The van der Waals surface area contributed by atoms with Crippen molar-refractivity contribution in [3.05, 3.63) is 35.1 Å². The molecule has 25 heavy (non-hydrogen) atoms. The monoisotopic (exact) mass is 394 g/mol. The van der Waals surface area contributed by atoms with E-state index >= 15 is 0 Å². The Bertz CT molecular complexity index is 554. The van der Waals surface area contributed by atoms with Crippen LogP contribution in [0.4, 0.5) is 30.7 Å². The number of benzene rings is 1. The fourth-order valence-electron chi connectivity index (χ4n) is 2.89. The maximum atomic E-state index is 13.3. The van der Waals surface area contributed by atoms with Crippen molar-refractivity contribution in [2.75, 3.05) is 26.2 Å². The van der Waals surface area contributed by atoms with Crippen LogP contribution < -0.4 is 5.32 Å². The molecular formula is C15H18ClF7N2. The van der Waals surface area contributed by atoms with Gasteiger partial charge in [-0.1, -0.05) is 6.07 Å². The zero-order chi connectivity index (χ0) is 18.0. The average Bonchev–Trinajstić information content (AvgIpc) is 2.47. The molecule has 1 heterocycles. The molecule has 0 spiro atoms. The summed E-state index contributed by atoms with van der Waals surface area (Å²) in [6.45, 7) is 1.62. The Morgan fingerprint density at radius 2 is 1.64 bits per heavy atom. The van der Waals surface area contributed by atoms with Crippen molar-refractivity contribution in [3.63, 3.8) is 0 Å². The molecule has 1 atom stereocenters. The summed E-state index contributed by atoms with van der Waals surface area (Å²) in [5.74, 6) is -1.07. The van der Waals surface area contributed by atoms with Crippen molar-refractivity contribution in [1.29, 1.82) is 0 Å². The minimum atomic E-state index is -4.83. The van der Waals surface area contributed by atoms with Gasteiger partial charge in [0.15, 0.2) is 0 Å². The number of hydrogen-bond acceptors (Lipinski definition) is 2. The van der Waals surface area contributed by atoms with Gasteiger partial charge in [0.25, 0.3) is 0 Å². The van der Waals surface area contributed by atoms with E-state index in [1.165, 1.54) is 0 Å². The Kier molecular flexibility index (Phi) is 7.52. The number of rotatable bonds is 4. The molecular weight excluding hydrogens is 377 g/mol. The second-order valence-corrected chi connectivity index (χ2v) is 5.68. The van der Waals surface area contributed by atoms with E-state index in [-0.39, 0.29) is 18.0 Å². The number of nitrogens with one attached hydrogen (secondary N) is 1. The Labute approximate surface area is 146 Å². The van der Waals surface area contributed by atoms with Crippen molar-refractivity contribution in [2.24, 2.45) is 0 Å². The molecule has 0 aromatic heterocycles. The lowest BCUT2D eigenvalue weighted by molar-refractivity contribution is -0.141. The fourth-order valence-corrected chi connectivity index (χ4v) is 2.89. The first kappa shape index (κ1) is 22.0. The average molecular weight is 395 g/mol. The third-order valence-electron chi connectivity index (χ3n) is 3.97. The van der Waals surface area contributed by atoms with Gasteiger partial charge in [0, 0.05) is 38.6 Å². The molecule has 2 rings (SSSR count). The molecule has 1 N–H and O–H groups in total. The Hall–Kier alpha value is -1.06. The predicted molar refractivity (Wildman–Crippen MR) is 81.1 cm³/mol. The number of halogens is 8. The Morgan fingerprint density at radius 3 is 2.16 bits per heavy atom. The van der Waals surface area contributed by atoms with Crippen LogP contribution in [0.1, 0.15) is 30.0 Å². The van der Waals surface area contributed by atoms with Crippen LogP contribution in [-0.4, -0.2) is 37.3 Å². The molecule has 2 nitrogen and oxygen atoms in total. The maximum Gasteiger partial charge on any atom is 0.416 e. The number of alkyl halides is 6. The lowest BCUT2D eigenvalue weighted by atomic mass is 9.94. The molecule has 1 aliphatic heterocycles. The lowest BCUT2D eigenvalue weighted by Gasteiger charge is -2.36. The third kappa shape index (κ3) is 6.31. The Morgan fingerprint density at radius 1 is 1.04 bits per heavy atom. The minimum Gasteiger partial charge on any atom is -0.314 e. The lowest BCUT2D eigenvalue weighted by Crippen LogP contribution is -2.45. The standard InChI is InChI=1S/C15H17F7N2.ClH/c16-10-1-2-11(12(9-10)15(20,21)22)13(3-4-14(17,18)19)24-7-5-23-6-8-24;/h1-2,9,13,23H,3-8H2;1H/t13-;/m1./s1. The van der Waals surface area contributed by atoms with Gasteiger partial charge in [0.05, 0.1) is 5.56 Å². The second kappa shape index (κ2) is 8.55. The summed E-state index contributed by atoms with van der Waals surface area (Å²) >= 11 is 0. The molecule has 144 valence electrons. The Balaban J connectivity index is 0.00000312. The molecule has 0 unspecified atom stereocenters. The van der Waals surface area contributed by atoms with E-state index in [0.717, 1.165) is 12.1 Å². The molecule has 1 aromatic carbocycles. The van der Waals surface area contributed by atoms with Gasteiger partial charge in [-0.05, 0) is 24.1 Å². The zero-order valence-electron chi connectivity index (χ0n) is 13.1. The second-order valence-electron chi connectivity index (χ2n) is 5.68. The smallest absolute Gasteiger partial charge is 0.314 e. The quantitative estimate of drug-likeness (QED) is 0.753. The molecule has 1 aliphatic rings. The van der Waals surface area contributed by atoms with Gasteiger partial charge in [-0.15, -0.1) is 12.4 Å². The van der Waals surface area contributed by atoms with Crippen molar-refractivity contribution in [3.8, 4) is 0 Å². The highest BCUT2D eigenvalue weighted by Crippen LogP contribution is 2.39. The minimum absolute atomic E-state index is 0. The first-order valence-electron chi connectivity index (χ1n) is 7.46. The van der Waals surface area contributed by atoms with Crippen LogP contribution in [0.5, 0.6) is 0 Å². The molecule has 1 aromatic rings. The van der Waals surface area contributed by atoms with Crippen molar-refractivity contribution in [2.45, 2.75) is 31.2 Å². The van der Waals surface area contributed by atoms with E-state index in [1.54, 1.807) is 4.90 Å². The van der Waals surface area contributed by atoms with Gasteiger partial charge in [-0.3, -0.25) is 4.90 Å². The van der Waals surface area contributed by atoms with Crippen LogP contribution in [0, 0.1) is 5.82 Å². The maximum absolute atomic E-state index is 13.3. The van der Waals surface area contributed by atoms with Crippen LogP contribution in [-0.2, 0) is 6.18 Å². The highest BCUT2D eigenvalue weighted by atomic mass is 35.5. The summed E-state index contributed by atoms with van der Waals surface area (Å²) in [5.41, 5.74) is -1.52. The normalized spacial score (nSPS) is 17.9. The van der Waals surface area contributed by atoms with Crippen LogP contribution in [0.2, 0.25) is 0 Å². The third-order valence-corrected chi connectivity index (χ3v) is 3.97. The van der Waals surface area contributed by atoms with Gasteiger partial charge >= 0.3 is 12.4 Å². The zero-order valence-corrected chi connectivity index (χ0v) is 13.9. The molecule has 0 bridgehead atoms. The highest BCUT2D eigenvalue weighted by molar-refractivity contribution is 5.85.